The van der Waals surface area contributed by atoms with E-state index < -0.39 is 0 Å². The van der Waals surface area contributed by atoms with Crippen LogP contribution >= 0.6 is 0 Å². The average molecular weight is 308 g/mol. The van der Waals surface area contributed by atoms with Gasteiger partial charge in [0.15, 0.2) is 0 Å². The number of rotatable bonds is 9. The van der Waals surface area contributed by atoms with E-state index in [1.807, 2.05) is 12.1 Å². The van der Waals surface area contributed by atoms with Crippen LogP contribution in [0.2, 0.25) is 0 Å². The molecular formula is C18H29FN2O. The molecule has 0 aromatic heterocycles. The first kappa shape index (κ1) is 18.6. The predicted octanol–water partition coefficient (Wildman–Crippen LogP) is 3.59. The van der Waals surface area contributed by atoms with E-state index in [4.69, 9.17) is 0 Å². The summed E-state index contributed by atoms with van der Waals surface area (Å²) in [5.74, 6) is 0.528. The van der Waals surface area contributed by atoms with Crippen LogP contribution in [-0.4, -0.2) is 30.9 Å². The van der Waals surface area contributed by atoms with Crippen molar-refractivity contribution in [1.82, 2.24) is 10.2 Å². The fraction of sp³-hybridized carbons (Fsp3) is 0.611. The van der Waals surface area contributed by atoms with Crippen LogP contribution in [-0.2, 0) is 11.3 Å². The number of carbonyl (C=O) groups excluding carboxylic acids is 1. The SMILES string of the molecule is CC(C)C(CCCCC(=O)N(C)C)NCc1ccc(F)cc1. The van der Waals surface area contributed by atoms with E-state index in [9.17, 15) is 9.18 Å². The normalized spacial score (nSPS) is 12.5. The summed E-state index contributed by atoms with van der Waals surface area (Å²) in [6.45, 7) is 5.15. The number of amides is 1. The summed E-state index contributed by atoms with van der Waals surface area (Å²) in [5.41, 5.74) is 1.09. The molecule has 0 heterocycles. The number of carbonyl (C=O) groups is 1. The van der Waals surface area contributed by atoms with Crippen LogP contribution in [0, 0.1) is 11.7 Å². The molecule has 1 N–H and O–H groups in total. The van der Waals surface area contributed by atoms with Crippen molar-refractivity contribution >= 4 is 5.91 Å². The second-order valence-electron chi connectivity index (χ2n) is 6.39. The zero-order valence-corrected chi connectivity index (χ0v) is 14.2. The lowest BCUT2D eigenvalue weighted by Crippen LogP contribution is -2.33. The molecule has 22 heavy (non-hydrogen) atoms. The van der Waals surface area contributed by atoms with Gasteiger partial charge in [-0.1, -0.05) is 32.4 Å². The Hall–Kier alpha value is -1.42. The third-order valence-corrected chi connectivity index (χ3v) is 3.94. The summed E-state index contributed by atoms with van der Waals surface area (Å²) in [5, 5.41) is 3.55. The molecule has 3 nitrogen and oxygen atoms in total. The molecular weight excluding hydrogens is 279 g/mol. The predicted molar refractivity (Wildman–Crippen MR) is 89.0 cm³/mol. The third kappa shape index (κ3) is 7.03. The Bertz CT molecular complexity index is 443. The third-order valence-electron chi connectivity index (χ3n) is 3.94. The summed E-state index contributed by atoms with van der Waals surface area (Å²) >= 11 is 0. The molecule has 1 amide bonds. The lowest BCUT2D eigenvalue weighted by atomic mass is 9.97. The number of hydrogen-bond donors (Lipinski definition) is 1. The maximum Gasteiger partial charge on any atom is 0.222 e. The van der Waals surface area contributed by atoms with Crippen molar-refractivity contribution in [2.75, 3.05) is 14.1 Å². The van der Waals surface area contributed by atoms with Gasteiger partial charge in [-0.15, -0.1) is 0 Å². The van der Waals surface area contributed by atoms with Crippen LogP contribution in [0.15, 0.2) is 24.3 Å². The van der Waals surface area contributed by atoms with Gasteiger partial charge in [-0.25, -0.2) is 4.39 Å². The van der Waals surface area contributed by atoms with Gasteiger partial charge in [0.05, 0.1) is 0 Å². The minimum Gasteiger partial charge on any atom is -0.349 e. The lowest BCUT2D eigenvalue weighted by Gasteiger charge is -2.22. The molecule has 0 aliphatic carbocycles. The van der Waals surface area contributed by atoms with Gasteiger partial charge in [0, 0.05) is 33.1 Å². The van der Waals surface area contributed by atoms with Gasteiger partial charge in [0.25, 0.3) is 0 Å². The number of halogens is 1. The van der Waals surface area contributed by atoms with Crippen molar-refractivity contribution in [3.63, 3.8) is 0 Å². The van der Waals surface area contributed by atoms with E-state index in [1.165, 1.54) is 12.1 Å². The molecule has 1 unspecified atom stereocenters. The van der Waals surface area contributed by atoms with Crippen molar-refractivity contribution in [3.8, 4) is 0 Å². The summed E-state index contributed by atoms with van der Waals surface area (Å²) in [6.07, 6.45) is 3.65. The largest absolute Gasteiger partial charge is 0.349 e. The first-order valence-electron chi connectivity index (χ1n) is 8.08. The number of nitrogens with zero attached hydrogens (tertiary/aromatic N) is 1. The topological polar surface area (TPSA) is 32.3 Å². The van der Waals surface area contributed by atoms with Crippen molar-refractivity contribution in [1.29, 1.82) is 0 Å². The van der Waals surface area contributed by atoms with Crippen LogP contribution < -0.4 is 5.32 Å². The molecule has 0 aliphatic heterocycles. The fourth-order valence-electron chi connectivity index (χ4n) is 2.39. The Morgan fingerprint density at radius 3 is 2.36 bits per heavy atom. The van der Waals surface area contributed by atoms with Gasteiger partial charge < -0.3 is 10.2 Å². The van der Waals surface area contributed by atoms with E-state index >= 15 is 0 Å². The van der Waals surface area contributed by atoms with E-state index in [1.54, 1.807) is 19.0 Å². The Labute approximate surface area is 133 Å². The van der Waals surface area contributed by atoms with Gasteiger partial charge in [0.2, 0.25) is 5.91 Å². The smallest absolute Gasteiger partial charge is 0.222 e. The molecule has 0 spiro atoms. The molecule has 1 aromatic carbocycles. The second kappa shape index (κ2) is 9.57. The Kier molecular flexibility index (Phi) is 8.10. The summed E-state index contributed by atoms with van der Waals surface area (Å²) in [6, 6.07) is 7.03. The molecule has 0 aliphatic rings. The van der Waals surface area contributed by atoms with Crippen LogP contribution in [0.4, 0.5) is 4.39 Å². The lowest BCUT2D eigenvalue weighted by molar-refractivity contribution is -0.128. The van der Waals surface area contributed by atoms with E-state index in [0.717, 1.165) is 31.4 Å². The molecule has 1 aromatic rings. The summed E-state index contributed by atoms with van der Waals surface area (Å²) in [7, 11) is 3.59. The first-order chi connectivity index (χ1) is 10.4. The van der Waals surface area contributed by atoms with Crippen LogP contribution in [0.5, 0.6) is 0 Å². The van der Waals surface area contributed by atoms with Crippen molar-refractivity contribution in [3.05, 3.63) is 35.6 Å². The highest BCUT2D eigenvalue weighted by Crippen LogP contribution is 2.13. The first-order valence-corrected chi connectivity index (χ1v) is 8.08. The molecule has 1 atom stereocenters. The molecule has 4 heteroatoms. The second-order valence-corrected chi connectivity index (χ2v) is 6.39. The van der Waals surface area contributed by atoms with Crippen molar-refractivity contribution in [2.45, 2.75) is 52.1 Å². The summed E-state index contributed by atoms with van der Waals surface area (Å²) < 4.78 is 12.9. The molecule has 0 bridgehead atoms. The fourth-order valence-corrected chi connectivity index (χ4v) is 2.39. The quantitative estimate of drug-likeness (QED) is 0.707. The highest BCUT2D eigenvalue weighted by Gasteiger charge is 2.13. The van der Waals surface area contributed by atoms with Gasteiger partial charge in [-0.3, -0.25) is 4.79 Å². The highest BCUT2D eigenvalue weighted by atomic mass is 19.1. The van der Waals surface area contributed by atoms with Gasteiger partial charge in [-0.2, -0.15) is 0 Å². The zero-order chi connectivity index (χ0) is 16.5. The number of unbranched alkanes of at least 4 members (excludes halogenated alkanes) is 1. The Morgan fingerprint density at radius 2 is 1.82 bits per heavy atom. The zero-order valence-electron chi connectivity index (χ0n) is 14.2. The molecule has 0 fully saturated rings. The minimum absolute atomic E-state index is 0.195. The summed E-state index contributed by atoms with van der Waals surface area (Å²) in [4.78, 5) is 13.2. The van der Waals surface area contributed by atoms with Gasteiger partial charge >= 0.3 is 0 Å². The molecule has 124 valence electrons. The van der Waals surface area contributed by atoms with Crippen LogP contribution in [0.3, 0.4) is 0 Å². The molecule has 0 saturated carbocycles. The van der Waals surface area contributed by atoms with Gasteiger partial charge in [0.1, 0.15) is 5.82 Å². The Balaban J connectivity index is 2.33. The van der Waals surface area contributed by atoms with Crippen molar-refractivity contribution < 1.29 is 9.18 Å². The molecule has 1 rings (SSSR count). The van der Waals surface area contributed by atoms with Crippen molar-refractivity contribution in [2.24, 2.45) is 5.92 Å². The van der Waals surface area contributed by atoms with E-state index in [0.29, 0.717) is 18.4 Å². The maximum absolute atomic E-state index is 12.9. The highest BCUT2D eigenvalue weighted by molar-refractivity contribution is 5.75. The standard InChI is InChI=1S/C18H29FN2O/c1-14(2)17(7-5-6-8-18(22)21(3)4)20-13-15-9-11-16(19)12-10-15/h9-12,14,17,20H,5-8,13H2,1-4H3. The van der Waals surface area contributed by atoms with Crippen LogP contribution in [0.1, 0.15) is 45.1 Å². The van der Waals surface area contributed by atoms with Gasteiger partial charge in [-0.05, 0) is 36.5 Å². The average Bonchev–Trinajstić information content (AvgIpc) is 2.47. The molecule has 0 saturated heterocycles. The monoisotopic (exact) mass is 308 g/mol. The van der Waals surface area contributed by atoms with E-state index in [-0.39, 0.29) is 11.7 Å². The minimum atomic E-state index is -0.199. The Morgan fingerprint density at radius 1 is 1.18 bits per heavy atom. The van der Waals surface area contributed by atoms with Crippen LogP contribution in [0.25, 0.3) is 0 Å². The number of nitrogens with one attached hydrogen (secondary N) is 1. The molecule has 0 radical (unpaired) electrons. The maximum atomic E-state index is 12.9. The number of benzene rings is 1. The number of hydrogen-bond acceptors (Lipinski definition) is 2. The van der Waals surface area contributed by atoms with E-state index in [2.05, 4.69) is 19.2 Å².